The summed E-state index contributed by atoms with van der Waals surface area (Å²) < 4.78 is 17.3. The first kappa shape index (κ1) is 80.1. The second kappa shape index (κ2) is 34.5. The number of hydrogen-bond donors (Lipinski definition) is 0. The lowest BCUT2D eigenvalue weighted by Gasteiger charge is -2.32. The lowest BCUT2D eigenvalue weighted by atomic mass is 9.78. The van der Waals surface area contributed by atoms with Crippen LogP contribution in [0, 0.1) is 0 Å². The van der Waals surface area contributed by atoms with Crippen molar-refractivity contribution in [3.8, 4) is 146 Å². The molecule has 1 aliphatic rings. The third-order valence-electron chi connectivity index (χ3n) is 23.8. The van der Waals surface area contributed by atoms with Crippen molar-refractivity contribution >= 4 is 109 Å². The fraction of sp³-hybridized carbons (Fsp3) is 0.0536. The molecule has 22 aromatic rings. The number of halogens is 1. The highest BCUT2D eigenvalue weighted by atomic mass is 35.5. The van der Waals surface area contributed by atoms with Crippen molar-refractivity contribution in [3.05, 3.63) is 406 Å². The second-order valence-electron chi connectivity index (χ2n) is 32.6. The zero-order valence-electron chi connectivity index (χ0n) is 70.2. The van der Waals surface area contributed by atoms with E-state index in [1.165, 1.54) is 36.7 Å². The van der Waals surface area contributed by atoms with Gasteiger partial charge in [-0.05, 0) is 167 Å². The minimum absolute atomic E-state index is 0.396. The van der Waals surface area contributed by atoms with Crippen LogP contribution in [-0.4, -0.2) is 68.2 Å². The van der Waals surface area contributed by atoms with E-state index in [2.05, 4.69) is 323 Å². The molecule has 0 atom stereocenters. The molecule has 0 bridgehead atoms. The van der Waals surface area contributed by atoms with Crippen molar-refractivity contribution in [3.63, 3.8) is 0 Å². The highest BCUT2D eigenvalue weighted by Gasteiger charge is 2.52. The Bertz CT molecular complexity index is 7910. The second-order valence-corrected chi connectivity index (χ2v) is 35.0. The summed E-state index contributed by atoms with van der Waals surface area (Å²) in [4.78, 5) is 48.9. The van der Waals surface area contributed by atoms with E-state index in [-0.39, 0.29) is 0 Å². The summed E-state index contributed by atoms with van der Waals surface area (Å²) >= 11 is 9.73. The van der Waals surface area contributed by atoms with Crippen LogP contribution < -0.4 is 5.46 Å². The number of aromatic nitrogens is 10. The summed E-state index contributed by atoms with van der Waals surface area (Å²) in [6.07, 6.45) is 3.65. The van der Waals surface area contributed by atoms with Crippen LogP contribution in [0.4, 0.5) is 0 Å². The molecule has 128 heavy (non-hydrogen) atoms. The van der Waals surface area contributed by atoms with Crippen molar-refractivity contribution in [1.82, 2.24) is 49.8 Å². The summed E-state index contributed by atoms with van der Waals surface area (Å²) in [5.74, 6) is 3.78. The first-order valence-electron chi connectivity index (χ1n) is 42.5. The number of benzene rings is 14. The number of thiophene rings is 2. The van der Waals surface area contributed by atoms with Gasteiger partial charge in [-0.15, -0.1) is 22.7 Å². The van der Waals surface area contributed by atoms with Gasteiger partial charge in [-0.25, -0.2) is 39.9 Å². The highest BCUT2D eigenvalue weighted by molar-refractivity contribution is 7.27. The van der Waals surface area contributed by atoms with Crippen molar-refractivity contribution in [2.24, 2.45) is 0 Å². The minimum Gasteiger partial charge on any atom is -0.399 e. The summed E-state index contributed by atoms with van der Waals surface area (Å²) in [5.41, 5.74) is 24.9. The molecule has 16 heteroatoms. The van der Waals surface area contributed by atoms with Crippen LogP contribution in [0.25, 0.3) is 209 Å². The quantitative estimate of drug-likeness (QED) is 0.0754. The normalized spacial score (nSPS) is 12.8. The van der Waals surface area contributed by atoms with Gasteiger partial charge in [-0.3, -0.25) is 9.97 Å². The van der Waals surface area contributed by atoms with Crippen molar-refractivity contribution < 1.29 is 9.31 Å². The minimum atomic E-state index is -0.414. The van der Waals surface area contributed by atoms with Crippen LogP contribution in [0.2, 0.25) is 5.15 Å². The van der Waals surface area contributed by atoms with Gasteiger partial charge in [-0.1, -0.05) is 333 Å². The fourth-order valence-corrected chi connectivity index (χ4v) is 19.1. The lowest BCUT2D eigenvalue weighted by molar-refractivity contribution is 0.00578. The highest BCUT2D eigenvalue weighted by Crippen LogP contribution is 2.46. The molecule has 12 nitrogen and oxygen atoms in total. The molecule has 0 radical (unpaired) electrons. The average molecular weight is 1710 g/mol. The molecular weight excluding hydrogens is 1630 g/mol. The summed E-state index contributed by atoms with van der Waals surface area (Å²) in [5, 5.41) is 5.26. The van der Waals surface area contributed by atoms with E-state index in [0.717, 1.165) is 143 Å². The van der Waals surface area contributed by atoms with Crippen LogP contribution in [0.3, 0.4) is 0 Å². The maximum absolute atomic E-state index is 6.35. The Morgan fingerprint density at radius 3 is 0.961 bits per heavy atom. The summed E-state index contributed by atoms with van der Waals surface area (Å²) in [6.45, 7) is 8.33. The number of pyridine rings is 4. The monoisotopic (exact) mass is 1700 g/mol. The van der Waals surface area contributed by atoms with E-state index in [4.69, 9.17) is 60.8 Å². The molecule has 610 valence electrons. The van der Waals surface area contributed by atoms with E-state index in [1.807, 2.05) is 109 Å². The molecule has 1 fully saturated rings. The molecule has 0 aliphatic carbocycles. The topological polar surface area (TPSA) is 147 Å². The smallest absolute Gasteiger partial charge is 0.399 e. The first-order chi connectivity index (χ1) is 62.8. The molecular formula is C112H78BClN10O2S2. The van der Waals surface area contributed by atoms with Crippen LogP contribution >= 0.6 is 34.3 Å². The Morgan fingerprint density at radius 1 is 0.250 bits per heavy atom. The van der Waals surface area contributed by atoms with Crippen LogP contribution in [0.15, 0.2) is 401 Å². The number of rotatable bonds is 14. The molecule has 0 N–H and O–H groups in total. The Hall–Kier alpha value is -15.1. The molecule has 0 spiro atoms. The Morgan fingerprint density at radius 2 is 0.539 bits per heavy atom. The van der Waals surface area contributed by atoms with Gasteiger partial charge in [0.25, 0.3) is 0 Å². The predicted molar refractivity (Wildman–Crippen MR) is 529 cm³/mol. The van der Waals surface area contributed by atoms with Crippen LogP contribution in [0.1, 0.15) is 27.7 Å². The first-order valence-corrected chi connectivity index (χ1v) is 44.5. The van der Waals surface area contributed by atoms with E-state index in [1.54, 1.807) is 28.9 Å². The van der Waals surface area contributed by atoms with Crippen LogP contribution in [0.5, 0.6) is 0 Å². The SMILES string of the molecule is CC1(C)OB(c2cccc(-c3cccc(-c4cccc(-c5nc(-c6ccccc6)nc(-c6ccc(-c7ccccc7)cc6)n5)c4)c3)c2)OC1(C)C.Clc1nc2cccnc2c2c1sc1ccccc12.c1ccc(-c2ccc(-c3nc(-c4ccccc4)nc(-c4cccc(-c5cccc(-c6cccc(-c7nc8cccnc8c8c7sc7ccccc78)c6)c5)c4)n3)cc2)cc1. The molecule has 1 aliphatic heterocycles. The van der Waals surface area contributed by atoms with Gasteiger partial charge in [-0.2, -0.15) is 0 Å². The Balaban J connectivity index is 0.000000131. The van der Waals surface area contributed by atoms with Crippen molar-refractivity contribution in [2.45, 2.75) is 38.9 Å². The van der Waals surface area contributed by atoms with Gasteiger partial charge in [0.1, 0.15) is 5.15 Å². The molecule has 14 aromatic carbocycles. The van der Waals surface area contributed by atoms with Crippen molar-refractivity contribution in [2.75, 3.05) is 0 Å². The van der Waals surface area contributed by atoms with E-state index < -0.39 is 18.3 Å². The Labute approximate surface area is 753 Å². The largest absolute Gasteiger partial charge is 0.494 e. The zero-order valence-corrected chi connectivity index (χ0v) is 72.6. The van der Waals surface area contributed by atoms with E-state index >= 15 is 0 Å². The number of nitrogens with zero attached hydrogens (tertiary/aromatic N) is 10. The van der Waals surface area contributed by atoms with E-state index in [9.17, 15) is 0 Å². The van der Waals surface area contributed by atoms with Gasteiger partial charge in [0.15, 0.2) is 34.9 Å². The molecule has 0 amide bonds. The average Bonchev–Trinajstić information content (AvgIpc) is 1.58. The predicted octanol–water partition coefficient (Wildman–Crippen LogP) is 28.7. The summed E-state index contributed by atoms with van der Waals surface area (Å²) in [7, 11) is -0.414. The number of hydrogen-bond acceptors (Lipinski definition) is 14. The van der Waals surface area contributed by atoms with E-state index in [0.29, 0.717) is 40.1 Å². The van der Waals surface area contributed by atoms with Crippen LogP contribution in [-0.2, 0) is 9.31 Å². The van der Waals surface area contributed by atoms with Crippen molar-refractivity contribution in [1.29, 1.82) is 0 Å². The van der Waals surface area contributed by atoms with Gasteiger partial charge >= 0.3 is 7.12 Å². The maximum Gasteiger partial charge on any atom is 0.494 e. The summed E-state index contributed by atoms with van der Waals surface area (Å²) in [6, 6.07) is 134. The Kier molecular flexibility index (Phi) is 21.6. The third-order valence-corrected chi connectivity index (χ3v) is 26.5. The lowest BCUT2D eigenvalue weighted by Crippen LogP contribution is -2.41. The molecule has 23 rings (SSSR count). The van der Waals surface area contributed by atoms with Gasteiger partial charge in [0, 0.05) is 82.3 Å². The molecule has 1 saturated heterocycles. The molecule has 0 saturated carbocycles. The fourth-order valence-electron chi connectivity index (χ4n) is 16.5. The number of fused-ring (bicyclic) bond motifs is 10. The third kappa shape index (κ3) is 16.2. The molecule has 0 unspecified atom stereocenters. The molecule has 9 heterocycles. The van der Waals surface area contributed by atoms with Gasteiger partial charge < -0.3 is 9.31 Å². The van der Waals surface area contributed by atoms with Gasteiger partial charge in [0.05, 0.1) is 48.4 Å². The van der Waals surface area contributed by atoms with Gasteiger partial charge in [0.2, 0.25) is 0 Å². The standard InChI is InChI=1S/C53H33N5S.C45H38BN3O2.C14H7ClN2S/c1-3-13-34(14-4-1)35-26-28-37(29-27-35)52-56-51(36-15-5-2-6-16-36)57-53(58-52)43-22-11-20-41(33-43)39-18-9-17-38(31-39)40-19-10-21-42(32-40)48-50-47(44-23-7-8-25-46(44)59-50)49-45(55-48)24-12-30-54-49;1-44(2)45(3,4)51-46(50-44)40-23-13-21-38(30-40)36-19-11-18-35(28-36)37-20-12-22-39(29-37)43-48-41(33-16-9-6-10-17-33)47-42(49-43)34-26-24-32(25-27-34)31-14-7-5-8-15-31;15-14-13-11(8-4-1-2-6-10(8)18-13)12-9(17-14)5-3-7-16-12/h1-33H;5-30H,1-4H3;1-7H. The zero-order chi connectivity index (χ0) is 86.2. The molecule has 8 aromatic heterocycles. The maximum atomic E-state index is 6.35.